The van der Waals surface area contributed by atoms with Gasteiger partial charge in [0.05, 0.1) is 0 Å². The largest absolute Gasteiger partial charge is 0.338 e. The maximum absolute atomic E-state index is 11.8. The maximum Gasteiger partial charge on any atom is 0.246 e. The molecule has 0 spiro atoms. The topological polar surface area (TPSA) is 36.4 Å². The van der Waals surface area contributed by atoms with E-state index in [1.54, 1.807) is 0 Å². The van der Waals surface area contributed by atoms with E-state index in [0.29, 0.717) is 12.1 Å². The highest BCUT2D eigenvalue weighted by molar-refractivity contribution is 5.87. The Balaban J connectivity index is 2.07. The first kappa shape index (κ1) is 15.7. The fourth-order valence-electron chi connectivity index (χ4n) is 2.99. The summed E-state index contributed by atoms with van der Waals surface area (Å²) in [5.74, 6) is 0.0484. The van der Waals surface area contributed by atoms with Gasteiger partial charge in [0.25, 0.3) is 0 Å². The van der Waals surface area contributed by atoms with E-state index in [9.17, 15) is 4.79 Å². The van der Waals surface area contributed by atoms with Gasteiger partial charge in [0.2, 0.25) is 5.91 Å². The molecule has 2 heterocycles. The number of nitrogens with zero attached hydrogens (tertiary/aromatic N) is 3. The summed E-state index contributed by atoms with van der Waals surface area (Å²) < 4.78 is 0. The highest BCUT2D eigenvalue weighted by Crippen LogP contribution is 2.20. The van der Waals surface area contributed by atoms with Crippen LogP contribution in [0.5, 0.6) is 0 Å². The summed E-state index contributed by atoms with van der Waals surface area (Å²) >= 11 is 0. The second kappa shape index (κ2) is 7.36. The van der Waals surface area contributed by atoms with Crippen molar-refractivity contribution in [1.82, 2.24) is 14.8 Å². The molecular weight excluding hydrogens is 262 g/mol. The van der Waals surface area contributed by atoms with Gasteiger partial charge >= 0.3 is 0 Å². The van der Waals surface area contributed by atoms with E-state index in [1.165, 1.54) is 11.6 Å². The highest BCUT2D eigenvalue weighted by Gasteiger charge is 2.28. The van der Waals surface area contributed by atoms with Crippen LogP contribution in [0.4, 0.5) is 0 Å². The molecule has 1 atom stereocenters. The molecule has 4 heteroatoms. The second-order valence-electron chi connectivity index (χ2n) is 5.91. The van der Waals surface area contributed by atoms with Gasteiger partial charge in [-0.1, -0.05) is 6.58 Å². The molecule has 0 aliphatic carbocycles. The Morgan fingerprint density at radius 3 is 2.86 bits per heavy atom. The van der Waals surface area contributed by atoms with Crippen LogP contribution in [0.15, 0.2) is 37.2 Å². The summed E-state index contributed by atoms with van der Waals surface area (Å²) in [4.78, 5) is 20.3. The zero-order valence-corrected chi connectivity index (χ0v) is 13.0. The van der Waals surface area contributed by atoms with Crippen LogP contribution in [0.2, 0.25) is 0 Å². The average Bonchev–Trinajstić information content (AvgIpc) is 2.52. The number of hydrogen-bond acceptors (Lipinski definition) is 3. The van der Waals surface area contributed by atoms with Crippen molar-refractivity contribution in [2.24, 2.45) is 0 Å². The van der Waals surface area contributed by atoms with Gasteiger partial charge < -0.3 is 4.90 Å². The van der Waals surface area contributed by atoms with Gasteiger partial charge in [0.1, 0.15) is 0 Å². The van der Waals surface area contributed by atoms with Crippen LogP contribution in [0, 0.1) is 0 Å². The van der Waals surface area contributed by atoms with Crippen LogP contribution < -0.4 is 0 Å². The molecule has 2 rings (SSSR count). The number of aromatic nitrogens is 1. The first-order valence-electron chi connectivity index (χ1n) is 7.67. The summed E-state index contributed by atoms with van der Waals surface area (Å²) in [6.07, 6.45) is 7.30. The fourth-order valence-corrected chi connectivity index (χ4v) is 2.99. The number of carbonyl (C=O) groups excluding carboxylic acids is 1. The standard InChI is InChI=1S/C17H25N3O/c1-4-17(21)19-11-5-6-16(13-19)20(14(2)3)12-15-7-9-18-10-8-15/h4,7-10,14,16H,1,5-6,11-13H2,2-3H3/t16-/m1/s1. The van der Waals surface area contributed by atoms with Crippen molar-refractivity contribution in [2.45, 2.75) is 45.3 Å². The molecule has 0 bridgehead atoms. The van der Waals surface area contributed by atoms with E-state index in [4.69, 9.17) is 0 Å². The van der Waals surface area contributed by atoms with Crippen LogP contribution in [-0.4, -0.2) is 45.9 Å². The van der Waals surface area contributed by atoms with E-state index in [-0.39, 0.29) is 5.91 Å². The summed E-state index contributed by atoms with van der Waals surface area (Å²) in [7, 11) is 0. The van der Waals surface area contributed by atoms with Crippen molar-refractivity contribution in [2.75, 3.05) is 13.1 Å². The zero-order chi connectivity index (χ0) is 15.2. The molecule has 1 aromatic rings. The third-order valence-corrected chi connectivity index (χ3v) is 4.13. The molecule has 0 unspecified atom stereocenters. The van der Waals surface area contributed by atoms with E-state index < -0.39 is 0 Å². The summed E-state index contributed by atoms with van der Waals surface area (Å²) in [5.41, 5.74) is 1.27. The lowest BCUT2D eigenvalue weighted by molar-refractivity contribution is -0.128. The zero-order valence-electron chi connectivity index (χ0n) is 13.0. The quantitative estimate of drug-likeness (QED) is 0.781. The van der Waals surface area contributed by atoms with Crippen LogP contribution in [0.3, 0.4) is 0 Å². The van der Waals surface area contributed by atoms with Gasteiger partial charge in [-0.3, -0.25) is 14.7 Å². The van der Waals surface area contributed by atoms with E-state index >= 15 is 0 Å². The molecular formula is C17H25N3O. The van der Waals surface area contributed by atoms with E-state index in [0.717, 1.165) is 32.5 Å². The van der Waals surface area contributed by atoms with Gasteiger partial charge in [0.15, 0.2) is 0 Å². The van der Waals surface area contributed by atoms with Crippen molar-refractivity contribution >= 4 is 5.91 Å². The minimum absolute atomic E-state index is 0.0484. The first-order chi connectivity index (χ1) is 10.1. The number of carbonyl (C=O) groups is 1. The molecule has 1 amide bonds. The number of pyridine rings is 1. The van der Waals surface area contributed by atoms with Crippen LogP contribution in [0.1, 0.15) is 32.3 Å². The predicted molar refractivity (Wildman–Crippen MR) is 84.7 cm³/mol. The predicted octanol–water partition coefficient (Wildman–Crippen LogP) is 2.47. The van der Waals surface area contributed by atoms with Gasteiger partial charge in [-0.15, -0.1) is 0 Å². The average molecular weight is 287 g/mol. The molecule has 0 N–H and O–H groups in total. The molecule has 1 aliphatic heterocycles. The van der Waals surface area contributed by atoms with Crippen molar-refractivity contribution in [3.05, 3.63) is 42.7 Å². The number of piperidine rings is 1. The van der Waals surface area contributed by atoms with Crippen molar-refractivity contribution in [3.63, 3.8) is 0 Å². The second-order valence-corrected chi connectivity index (χ2v) is 5.91. The van der Waals surface area contributed by atoms with Gasteiger partial charge in [-0.25, -0.2) is 0 Å². The molecule has 21 heavy (non-hydrogen) atoms. The van der Waals surface area contributed by atoms with Gasteiger partial charge in [-0.2, -0.15) is 0 Å². The monoisotopic (exact) mass is 287 g/mol. The van der Waals surface area contributed by atoms with E-state index in [1.807, 2.05) is 17.3 Å². The van der Waals surface area contributed by atoms with Crippen molar-refractivity contribution < 1.29 is 4.79 Å². The lowest BCUT2D eigenvalue weighted by Crippen LogP contribution is -2.51. The third-order valence-electron chi connectivity index (χ3n) is 4.13. The fraction of sp³-hybridized carbons (Fsp3) is 0.529. The Morgan fingerprint density at radius 1 is 1.52 bits per heavy atom. The summed E-state index contributed by atoms with van der Waals surface area (Å²) in [5, 5.41) is 0. The molecule has 0 radical (unpaired) electrons. The Morgan fingerprint density at radius 2 is 2.24 bits per heavy atom. The number of amides is 1. The molecule has 1 fully saturated rings. The molecule has 1 saturated heterocycles. The summed E-state index contributed by atoms with van der Waals surface area (Å²) in [6, 6.07) is 4.98. The number of likely N-dealkylation sites (tertiary alicyclic amines) is 1. The minimum atomic E-state index is 0.0484. The Hall–Kier alpha value is -1.68. The lowest BCUT2D eigenvalue weighted by atomic mass is 10.0. The van der Waals surface area contributed by atoms with Gasteiger partial charge in [0, 0.05) is 44.1 Å². The highest BCUT2D eigenvalue weighted by atomic mass is 16.2. The van der Waals surface area contributed by atoms with Crippen molar-refractivity contribution in [3.8, 4) is 0 Å². The normalized spacial score (nSPS) is 19.0. The number of hydrogen-bond donors (Lipinski definition) is 0. The Kier molecular flexibility index (Phi) is 5.51. The molecule has 114 valence electrons. The molecule has 1 aromatic heterocycles. The van der Waals surface area contributed by atoms with Crippen molar-refractivity contribution in [1.29, 1.82) is 0 Å². The Labute approximate surface area is 127 Å². The van der Waals surface area contributed by atoms with Crippen LogP contribution in [-0.2, 0) is 11.3 Å². The van der Waals surface area contributed by atoms with Crippen LogP contribution >= 0.6 is 0 Å². The minimum Gasteiger partial charge on any atom is -0.338 e. The summed E-state index contributed by atoms with van der Waals surface area (Å²) in [6.45, 7) is 10.6. The van der Waals surface area contributed by atoms with Crippen LogP contribution in [0.25, 0.3) is 0 Å². The molecule has 0 aromatic carbocycles. The third kappa shape index (κ3) is 4.14. The smallest absolute Gasteiger partial charge is 0.246 e. The molecule has 0 saturated carbocycles. The SMILES string of the molecule is C=CC(=O)N1CCC[C@@H](N(Cc2ccncc2)C(C)C)C1. The molecule has 4 nitrogen and oxygen atoms in total. The maximum atomic E-state index is 11.8. The van der Waals surface area contributed by atoms with Gasteiger partial charge in [-0.05, 0) is 50.5 Å². The number of rotatable bonds is 5. The lowest BCUT2D eigenvalue weighted by Gasteiger charge is -2.41. The first-order valence-corrected chi connectivity index (χ1v) is 7.67. The molecule has 1 aliphatic rings. The Bertz CT molecular complexity index is 472. The van der Waals surface area contributed by atoms with E-state index in [2.05, 4.69) is 42.4 Å².